The number of nitrogens with zero attached hydrogens (tertiary/aromatic N) is 2. The standard InChI is InChI=1S/C16H14N4O5/c1-8-3-13(19-24-8)15(22)17-10-5-11(7-12(21)6-10)18-16(23)14-4-9(2)25-20-14/h3-7,21H,1-2H3,(H,17,22)(H,18,23). The summed E-state index contributed by atoms with van der Waals surface area (Å²) in [4.78, 5) is 24.1. The summed E-state index contributed by atoms with van der Waals surface area (Å²) in [6, 6.07) is 7.11. The first kappa shape index (κ1) is 16.2. The lowest BCUT2D eigenvalue weighted by molar-refractivity contribution is 0.101. The predicted molar refractivity (Wildman–Crippen MR) is 86.5 cm³/mol. The topological polar surface area (TPSA) is 130 Å². The summed E-state index contributed by atoms with van der Waals surface area (Å²) in [5, 5.41) is 22.1. The number of anilines is 2. The van der Waals surface area contributed by atoms with E-state index in [0.717, 1.165) is 0 Å². The highest BCUT2D eigenvalue weighted by Gasteiger charge is 2.14. The van der Waals surface area contributed by atoms with Crippen molar-refractivity contribution in [3.05, 3.63) is 53.2 Å². The van der Waals surface area contributed by atoms with E-state index in [1.54, 1.807) is 13.8 Å². The normalized spacial score (nSPS) is 10.5. The number of phenolic OH excluding ortho intramolecular Hbond substituents is 1. The molecule has 3 aromatic rings. The summed E-state index contributed by atoms with van der Waals surface area (Å²) in [5.74, 6) is -0.159. The van der Waals surface area contributed by atoms with Crippen LogP contribution in [0, 0.1) is 13.8 Å². The number of carbonyl (C=O) groups is 2. The second-order valence-electron chi connectivity index (χ2n) is 5.32. The van der Waals surface area contributed by atoms with Crippen LogP contribution in [-0.4, -0.2) is 27.2 Å². The second-order valence-corrected chi connectivity index (χ2v) is 5.32. The van der Waals surface area contributed by atoms with Gasteiger partial charge in [-0.2, -0.15) is 0 Å². The number of benzene rings is 1. The van der Waals surface area contributed by atoms with Crippen LogP contribution in [0.25, 0.3) is 0 Å². The number of carbonyl (C=O) groups excluding carboxylic acids is 2. The molecule has 9 nitrogen and oxygen atoms in total. The number of phenols is 1. The number of amides is 2. The van der Waals surface area contributed by atoms with Gasteiger partial charge in [0.15, 0.2) is 11.4 Å². The highest BCUT2D eigenvalue weighted by atomic mass is 16.5. The van der Waals surface area contributed by atoms with E-state index in [4.69, 9.17) is 9.05 Å². The van der Waals surface area contributed by atoms with Gasteiger partial charge in [-0.15, -0.1) is 0 Å². The molecule has 1 aromatic carbocycles. The van der Waals surface area contributed by atoms with Crippen LogP contribution >= 0.6 is 0 Å². The van der Waals surface area contributed by atoms with Crippen LogP contribution in [0.2, 0.25) is 0 Å². The Hall–Kier alpha value is -3.62. The molecule has 0 aliphatic carbocycles. The van der Waals surface area contributed by atoms with Crippen molar-refractivity contribution in [1.82, 2.24) is 10.3 Å². The third-order valence-electron chi connectivity index (χ3n) is 3.15. The highest BCUT2D eigenvalue weighted by molar-refractivity contribution is 6.05. The molecule has 3 rings (SSSR count). The highest BCUT2D eigenvalue weighted by Crippen LogP contribution is 2.24. The average Bonchev–Trinajstić information content (AvgIpc) is 3.15. The van der Waals surface area contributed by atoms with Crippen molar-refractivity contribution in [3.8, 4) is 5.75 Å². The molecule has 0 unspecified atom stereocenters. The molecule has 0 aliphatic heterocycles. The van der Waals surface area contributed by atoms with Crippen LogP contribution in [0.4, 0.5) is 11.4 Å². The van der Waals surface area contributed by atoms with Crippen LogP contribution in [0.3, 0.4) is 0 Å². The zero-order valence-corrected chi connectivity index (χ0v) is 13.4. The van der Waals surface area contributed by atoms with Gasteiger partial charge in [-0.1, -0.05) is 10.3 Å². The monoisotopic (exact) mass is 342 g/mol. The van der Waals surface area contributed by atoms with Gasteiger partial charge in [-0.3, -0.25) is 9.59 Å². The van der Waals surface area contributed by atoms with Gasteiger partial charge in [0.25, 0.3) is 11.8 Å². The molecule has 3 N–H and O–H groups in total. The molecular weight excluding hydrogens is 328 g/mol. The van der Waals surface area contributed by atoms with Gasteiger partial charge in [0.2, 0.25) is 0 Å². The van der Waals surface area contributed by atoms with Gasteiger partial charge in [0.05, 0.1) is 0 Å². The fourth-order valence-electron chi connectivity index (χ4n) is 2.09. The number of hydrogen-bond acceptors (Lipinski definition) is 7. The van der Waals surface area contributed by atoms with Gasteiger partial charge in [-0.25, -0.2) is 0 Å². The number of aryl methyl sites for hydroxylation is 2. The largest absolute Gasteiger partial charge is 0.508 e. The summed E-state index contributed by atoms with van der Waals surface area (Å²) in [6.07, 6.45) is 0. The third kappa shape index (κ3) is 3.83. The summed E-state index contributed by atoms with van der Waals surface area (Å²) in [5.41, 5.74) is 0.753. The lowest BCUT2D eigenvalue weighted by atomic mass is 10.2. The molecular formula is C16H14N4O5. The Balaban J connectivity index is 1.76. The van der Waals surface area contributed by atoms with Crippen molar-refractivity contribution in [2.45, 2.75) is 13.8 Å². The first-order valence-corrected chi connectivity index (χ1v) is 7.24. The molecule has 0 spiro atoms. The summed E-state index contributed by atoms with van der Waals surface area (Å²) in [7, 11) is 0. The van der Waals surface area contributed by atoms with Gasteiger partial charge < -0.3 is 24.8 Å². The Labute approximate surface area is 141 Å². The molecule has 0 saturated heterocycles. The first-order chi connectivity index (χ1) is 11.9. The quantitative estimate of drug-likeness (QED) is 0.664. The van der Waals surface area contributed by atoms with Crippen LogP contribution in [0.15, 0.2) is 39.4 Å². The molecule has 0 fully saturated rings. The Morgan fingerprint density at radius 1 is 0.840 bits per heavy atom. The second kappa shape index (κ2) is 6.48. The maximum absolute atomic E-state index is 12.1. The lowest BCUT2D eigenvalue weighted by Crippen LogP contribution is -2.14. The SMILES string of the molecule is Cc1cc(C(=O)Nc2cc(O)cc(NC(=O)c3cc(C)on3)c2)no1. The maximum atomic E-state index is 12.1. The van der Waals surface area contributed by atoms with E-state index in [1.165, 1.54) is 30.3 Å². The number of hydrogen-bond donors (Lipinski definition) is 3. The molecule has 0 atom stereocenters. The van der Waals surface area contributed by atoms with Crippen molar-refractivity contribution in [2.24, 2.45) is 0 Å². The number of aromatic nitrogens is 2. The molecule has 0 aliphatic rings. The third-order valence-corrected chi connectivity index (χ3v) is 3.15. The molecule has 128 valence electrons. The Morgan fingerprint density at radius 2 is 1.28 bits per heavy atom. The molecule has 25 heavy (non-hydrogen) atoms. The van der Waals surface area contributed by atoms with Crippen molar-refractivity contribution in [1.29, 1.82) is 0 Å². The minimum atomic E-state index is -0.508. The van der Waals surface area contributed by atoms with Gasteiger partial charge >= 0.3 is 0 Å². The van der Waals surface area contributed by atoms with E-state index in [0.29, 0.717) is 11.5 Å². The Bertz CT molecular complexity index is 871. The smallest absolute Gasteiger partial charge is 0.277 e. The van der Waals surface area contributed by atoms with E-state index in [9.17, 15) is 14.7 Å². The van der Waals surface area contributed by atoms with Crippen molar-refractivity contribution >= 4 is 23.2 Å². The van der Waals surface area contributed by atoms with Crippen LogP contribution in [0.1, 0.15) is 32.5 Å². The van der Waals surface area contributed by atoms with Crippen molar-refractivity contribution in [2.75, 3.05) is 10.6 Å². The van der Waals surface area contributed by atoms with Crippen LogP contribution < -0.4 is 10.6 Å². The summed E-state index contributed by atoms with van der Waals surface area (Å²) >= 11 is 0. The molecule has 0 bridgehead atoms. The summed E-state index contributed by atoms with van der Waals surface area (Å²) < 4.78 is 9.68. The molecule has 2 aromatic heterocycles. The van der Waals surface area contributed by atoms with E-state index in [2.05, 4.69) is 20.9 Å². The number of nitrogens with one attached hydrogen (secondary N) is 2. The Morgan fingerprint density at radius 3 is 1.64 bits per heavy atom. The van der Waals surface area contributed by atoms with E-state index < -0.39 is 11.8 Å². The first-order valence-electron chi connectivity index (χ1n) is 7.24. The van der Waals surface area contributed by atoms with Crippen LogP contribution in [0.5, 0.6) is 5.75 Å². The molecule has 0 radical (unpaired) electrons. The average molecular weight is 342 g/mol. The van der Waals surface area contributed by atoms with Gasteiger partial charge in [0, 0.05) is 35.6 Å². The lowest BCUT2D eigenvalue weighted by Gasteiger charge is -2.08. The molecule has 9 heteroatoms. The number of aromatic hydroxyl groups is 1. The Kier molecular flexibility index (Phi) is 4.21. The molecule has 2 amide bonds. The van der Waals surface area contributed by atoms with E-state index >= 15 is 0 Å². The van der Waals surface area contributed by atoms with Crippen molar-refractivity contribution in [3.63, 3.8) is 0 Å². The summed E-state index contributed by atoms with van der Waals surface area (Å²) in [6.45, 7) is 3.33. The van der Waals surface area contributed by atoms with Crippen molar-refractivity contribution < 1.29 is 23.7 Å². The molecule has 0 saturated carbocycles. The van der Waals surface area contributed by atoms with Gasteiger partial charge in [-0.05, 0) is 19.9 Å². The van der Waals surface area contributed by atoms with Gasteiger partial charge in [0.1, 0.15) is 17.3 Å². The fourth-order valence-corrected chi connectivity index (χ4v) is 2.09. The van der Waals surface area contributed by atoms with E-state index in [-0.39, 0.29) is 28.5 Å². The zero-order valence-electron chi connectivity index (χ0n) is 13.4. The zero-order chi connectivity index (χ0) is 18.0. The minimum absolute atomic E-state index is 0.101. The maximum Gasteiger partial charge on any atom is 0.277 e. The minimum Gasteiger partial charge on any atom is -0.508 e. The predicted octanol–water partition coefficient (Wildman–Crippen LogP) is 2.49. The fraction of sp³-hybridized carbons (Fsp3) is 0.125. The molecule has 2 heterocycles. The van der Waals surface area contributed by atoms with E-state index in [1.807, 2.05) is 0 Å². The number of rotatable bonds is 4. The van der Waals surface area contributed by atoms with Crippen LogP contribution in [-0.2, 0) is 0 Å².